The van der Waals surface area contributed by atoms with E-state index >= 15 is 0 Å². The molecule has 0 saturated heterocycles. The van der Waals surface area contributed by atoms with Crippen LogP contribution < -0.4 is 10.9 Å². The standard InChI is InChI=1S/C16H13ClN4O2S2/c17-11-3-1-4-12(9-11)21-7-6-18-16(21)25-10-14(22)19-20-15(23)13-5-2-8-24-13/h1-9H,10H2,(H,19,22)(H,20,23). The van der Waals surface area contributed by atoms with E-state index in [1.807, 2.05) is 22.8 Å². The lowest BCUT2D eigenvalue weighted by Crippen LogP contribution is -2.42. The molecule has 25 heavy (non-hydrogen) atoms. The lowest BCUT2D eigenvalue weighted by Gasteiger charge is -2.08. The number of hydrogen-bond donors (Lipinski definition) is 2. The molecule has 0 bridgehead atoms. The molecular weight excluding hydrogens is 380 g/mol. The van der Waals surface area contributed by atoms with Crippen LogP contribution in [0.25, 0.3) is 5.69 Å². The number of nitrogens with zero attached hydrogens (tertiary/aromatic N) is 2. The Kier molecular flexibility index (Phi) is 5.75. The molecule has 0 radical (unpaired) electrons. The number of thiophene rings is 1. The van der Waals surface area contributed by atoms with Crippen LogP contribution in [0.1, 0.15) is 9.67 Å². The fourth-order valence-corrected chi connectivity index (χ4v) is 3.56. The molecule has 2 amide bonds. The summed E-state index contributed by atoms with van der Waals surface area (Å²) >= 11 is 8.57. The van der Waals surface area contributed by atoms with E-state index in [-0.39, 0.29) is 17.6 Å². The van der Waals surface area contributed by atoms with Crippen molar-refractivity contribution in [3.63, 3.8) is 0 Å². The van der Waals surface area contributed by atoms with E-state index in [1.165, 1.54) is 23.1 Å². The van der Waals surface area contributed by atoms with Crippen LogP contribution in [0.15, 0.2) is 59.3 Å². The zero-order valence-electron chi connectivity index (χ0n) is 12.8. The summed E-state index contributed by atoms with van der Waals surface area (Å²) in [5.41, 5.74) is 5.63. The van der Waals surface area contributed by atoms with Gasteiger partial charge in [0.1, 0.15) is 0 Å². The molecule has 0 aliphatic heterocycles. The second kappa shape index (κ2) is 8.19. The Morgan fingerprint density at radius 3 is 2.88 bits per heavy atom. The number of thioether (sulfide) groups is 1. The highest BCUT2D eigenvalue weighted by Crippen LogP contribution is 2.22. The predicted octanol–water partition coefficient (Wildman–Crippen LogP) is 3.14. The minimum absolute atomic E-state index is 0.113. The van der Waals surface area contributed by atoms with Crippen molar-refractivity contribution in [2.45, 2.75) is 5.16 Å². The Bertz CT molecular complexity index is 880. The van der Waals surface area contributed by atoms with Crippen LogP contribution in [0, 0.1) is 0 Å². The first-order valence-electron chi connectivity index (χ1n) is 7.18. The Labute approximate surface area is 157 Å². The molecule has 9 heteroatoms. The van der Waals surface area contributed by atoms with E-state index in [1.54, 1.807) is 36.0 Å². The monoisotopic (exact) mass is 392 g/mol. The molecule has 0 atom stereocenters. The number of rotatable bonds is 5. The summed E-state index contributed by atoms with van der Waals surface area (Å²) in [5, 5.41) is 3.07. The number of halogens is 1. The number of aromatic nitrogens is 2. The molecule has 0 aliphatic carbocycles. The average Bonchev–Trinajstić information content (AvgIpc) is 3.29. The second-order valence-corrected chi connectivity index (χ2v) is 7.15. The molecule has 128 valence electrons. The molecule has 2 heterocycles. The highest BCUT2D eigenvalue weighted by Gasteiger charge is 2.11. The van der Waals surface area contributed by atoms with Crippen LogP contribution in [0.5, 0.6) is 0 Å². The molecule has 6 nitrogen and oxygen atoms in total. The Hall–Kier alpha value is -2.29. The third kappa shape index (κ3) is 4.62. The van der Waals surface area contributed by atoms with Gasteiger partial charge in [-0.15, -0.1) is 11.3 Å². The van der Waals surface area contributed by atoms with Crippen LogP contribution in [0.2, 0.25) is 5.02 Å². The van der Waals surface area contributed by atoms with Gasteiger partial charge in [0.2, 0.25) is 5.91 Å². The fourth-order valence-electron chi connectivity index (χ4n) is 1.98. The molecule has 0 saturated carbocycles. The Morgan fingerprint density at radius 2 is 2.12 bits per heavy atom. The van der Waals surface area contributed by atoms with Gasteiger partial charge in [0.05, 0.1) is 10.6 Å². The van der Waals surface area contributed by atoms with Crippen molar-refractivity contribution in [3.05, 3.63) is 64.1 Å². The van der Waals surface area contributed by atoms with Crippen LogP contribution in [0.4, 0.5) is 0 Å². The van der Waals surface area contributed by atoms with Gasteiger partial charge in [-0.3, -0.25) is 25.0 Å². The topological polar surface area (TPSA) is 76.0 Å². The third-order valence-corrected chi connectivity index (χ3v) is 5.16. The molecule has 3 aromatic rings. The van der Waals surface area contributed by atoms with Gasteiger partial charge in [-0.05, 0) is 29.6 Å². The molecule has 2 N–H and O–H groups in total. The van der Waals surface area contributed by atoms with E-state index in [9.17, 15) is 9.59 Å². The first-order chi connectivity index (χ1) is 12.1. The van der Waals surface area contributed by atoms with Crippen LogP contribution in [0.3, 0.4) is 0 Å². The van der Waals surface area contributed by atoms with Crippen molar-refractivity contribution in [3.8, 4) is 5.69 Å². The van der Waals surface area contributed by atoms with E-state index < -0.39 is 0 Å². The Balaban J connectivity index is 1.55. The normalized spacial score (nSPS) is 10.4. The van der Waals surface area contributed by atoms with Crippen molar-refractivity contribution < 1.29 is 9.59 Å². The molecule has 0 unspecified atom stereocenters. The minimum Gasteiger partial charge on any atom is -0.295 e. The van der Waals surface area contributed by atoms with Crippen LogP contribution >= 0.6 is 34.7 Å². The number of nitrogens with one attached hydrogen (secondary N) is 2. The third-order valence-electron chi connectivity index (χ3n) is 3.09. The lowest BCUT2D eigenvalue weighted by atomic mass is 10.3. The summed E-state index contributed by atoms with van der Waals surface area (Å²) < 4.78 is 1.84. The van der Waals surface area contributed by atoms with Gasteiger partial charge in [-0.1, -0.05) is 35.5 Å². The van der Waals surface area contributed by atoms with E-state index in [0.717, 1.165) is 5.69 Å². The van der Waals surface area contributed by atoms with Crippen molar-refractivity contribution in [1.82, 2.24) is 20.4 Å². The van der Waals surface area contributed by atoms with E-state index in [2.05, 4.69) is 15.8 Å². The number of hydrogen-bond acceptors (Lipinski definition) is 5. The predicted molar refractivity (Wildman–Crippen MR) is 99.2 cm³/mol. The van der Waals surface area contributed by atoms with Gasteiger partial charge >= 0.3 is 0 Å². The van der Waals surface area contributed by atoms with Gasteiger partial charge in [0.25, 0.3) is 5.91 Å². The molecule has 1 aromatic carbocycles. The largest absolute Gasteiger partial charge is 0.295 e. The van der Waals surface area contributed by atoms with Crippen molar-refractivity contribution >= 4 is 46.5 Å². The number of benzene rings is 1. The summed E-state index contributed by atoms with van der Waals surface area (Å²) in [6.45, 7) is 0. The van der Waals surface area contributed by atoms with Crippen molar-refractivity contribution in [2.75, 3.05) is 5.75 Å². The van der Waals surface area contributed by atoms with Gasteiger partial charge < -0.3 is 0 Å². The van der Waals surface area contributed by atoms with Crippen molar-refractivity contribution in [2.24, 2.45) is 0 Å². The Morgan fingerprint density at radius 1 is 1.24 bits per heavy atom. The summed E-state index contributed by atoms with van der Waals surface area (Å²) in [7, 11) is 0. The molecule has 0 fully saturated rings. The summed E-state index contributed by atoms with van der Waals surface area (Å²) in [5.74, 6) is -0.549. The maximum atomic E-state index is 11.9. The number of amides is 2. The number of carbonyl (C=O) groups excluding carboxylic acids is 2. The molecule has 3 rings (SSSR count). The molecule has 2 aromatic heterocycles. The lowest BCUT2D eigenvalue weighted by molar-refractivity contribution is -0.119. The van der Waals surface area contributed by atoms with Crippen molar-refractivity contribution in [1.29, 1.82) is 0 Å². The average molecular weight is 393 g/mol. The smallest absolute Gasteiger partial charge is 0.279 e. The first-order valence-corrected chi connectivity index (χ1v) is 9.42. The van der Waals surface area contributed by atoms with Gasteiger partial charge in [0, 0.05) is 23.1 Å². The van der Waals surface area contributed by atoms with Gasteiger partial charge in [-0.2, -0.15) is 0 Å². The fraction of sp³-hybridized carbons (Fsp3) is 0.0625. The number of carbonyl (C=O) groups is 2. The zero-order chi connectivity index (χ0) is 17.6. The second-order valence-electron chi connectivity index (χ2n) is 4.83. The number of hydrazine groups is 1. The number of imidazole rings is 1. The van der Waals surface area contributed by atoms with Crippen LogP contribution in [-0.2, 0) is 4.79 Å². The van der Waals surface area contributed by atoms with E-state index in [4.69, 9.17) is 11.6 Å². The zero-order valence-corrected chi connectivity index (χ0v) is 15.2. The summed E-state index contributed by atoms with van der Waals surface area (Å²) in [4.78, 5) is 28.5. The highest BCUT2D eigenvalue weighted by molar-refractivity contribution is 7.99. The summed E-state index contributed by atoms with van der Waals surface area (Å²) in [6.07, 6.45) is 3.45. The summed E-state index contributed by atoms with van der Waals surface area (Å²) in [6, 6.07) is 10.8. The molecular formula is C16H13ClN4O2S2. The van der Waals surface area contributed by atoms with Gasteiger partial charge in [0.15, 0.2) is 5.16 Å². The van der Waals surface area contributed by atoms with E-state index in [0.29, 0.717) is 15.1 Å². The minimum atomic E-state index is -0.339. The first kappa shape index (κ1) is 17.5. The highest BCUT2D eigenvalue weighted by atomic mass is 35.5. The maximum Gasteiger partial charge on any atom is 0.279 e. The van der Waals surface area contributed by atoms with Crippen LogP contribution in [-0.4, -0.2) is 27.1 Å². The van der Waals surface area contributed by atoms with Gasteiger partial charge in [-0.25, -0.2) is 4.98 Å². The molecule has 0 aliphatic rings. The maximum absolute atomic E-state index is 11.9. The molecule has 0 spiro atoms. The quantitative estimate of drug-likeness (QED) is 0.516. The SMILES string of the molecule is O=C(CSc1nccn1-c1cccc(Cl)c1)NNC(=O)c1cccs1.